The smallest absolute Gasteiger partial charge is 0.339 e. The van der Waals surface area contributed by atoms with Gasteiger partial charge in [0.2, 0.25) is 5.91 Å². The van der Waals surface area contributed by atoms with E-state index in [1.807, 2.05) is 0 Å². The Hall–Kier alpha value is -1.91. The maximum Gasteiger partial charge on any atom is 0.339 e. The summed E-state index contributed by atoms with van der Waals surface area (Å²) < 4.78 is 0. The molecule has 0 aromatic carbocycles. The fourth-order valence-electron chi connectivity index (χ4n) is 1.09. The Morgan fingerprint density at radius 1 is 1.50 bits per heavy atom. The number of aromatic nitrogens is 1. The molecular formula is C9H10N2O3. The molecule has 14 heavy (non-hydrogen) atoms. The van der Waals surface area contributed by atoms with Crippen molar-refractivity contribution in [1.29, 1.82) is 0 Å². The average Bonchev–Trinajstić information content (AvgIpc) is 2.01. The first-order chi connectivity index (χ1) is 6.52. The van der Waals surface area contributed by atoms with E-state index in [2.05, 4.69) is 10.3 Å². The summed E-state index contributed by atoms with van der Waals surface area (Å²) in [6, 6.07) is 1.58. The molecule has 74 valence electrons. The van der Waals surface area contributed by atoms with Gasteiger partial charge in [-0.3, -0.25) is 4.79 Å². The molecule has 0 fully saturated rings. The summed E-state index contributed by atoms with van der Waals surface area (Å²) in [5.74, 6) is -1.35. The number of rotatable bonds is 2. The van der Waals surface area contributed by atoms with Crippen molar-refractivity contribution in [2.24, 2.45) is 0 Å². The molecule has 1 rings (SSSR count). The molecule has 2 N–H and O–H groups in total. The van der Waals surface area contributed by atoms with E-state index in [0.29, 0.717) is 5.56 Å². The lowest BCUT2D eigenvalue weighted by molar-refractivity contribution is -0.114. The Balaban J connectivity index is 3.21. The molecular weight excluding hydrogens is 184 g/mol. The summed E-state index contributed by atoms with van der Waals surface area (Å²) >= 11 is 0. The first kappa shape index (κ1) is 10.2. The van der Waals surface area contributed by atoms with E-state index in [4.69, 9.17) is 5.11 Å². The van der Waals surface area contributed by atoms with Crippen LogP contribution in [-0.2, 0) is 4.79 Å². The predicted octanol–water partition coefficient (Wildman–Crippen LogP) is 1.05. The number of nitrogens with one attached hydrogen (secondary N) is 1. The fourth-order valence-corrected chi connectivity index (χ4v) is 1.09. The third-order valence-corrected chi connectivity index (χ3v) is 1.67. The second kappa shape index (κ2) is 3.87. The second-order valence-corrected chi connectivity index (χ2v) is 2.84. The van der Waals surface area contributed by atoms with Crippen molar-refractivity contribution < 1.29 is 14.7 Å². The van der Waals surface area contributed by atoms with E-state index in [0.717, 1.165) is 0 Å². The second-order valence-electron chi connectivity index (χ2n) is 2.84. The number of carboxylic acids is 1. The van der Waals surface area contributed by atoms with Gasteiger partial charge < -0.3 is 10.4 Å². The summed E-state index contributed by atoms with van der Waals surface area (Å²) in [6.45, 7) is 2.95. The number of carboxylic acid groups (broad SMARTS) is 1. The van der Waals surface area contributed by atoms with Crippen molar-refractivity contribution in [3.8, 4) is 0 Å². The Morgan fingerprint density at radius 3 is 2.64 bits per heavy atom. The van der Waals surface area contributed by atoms with E-state index >= 15 is 0 Å². The number of hydrogen-bond acceptors (Lipinski definition) is 3. The highest BCUT2D eigenvalue weighted by Crippen LogP contribution is 2.16. The average molecular weight is 194 g/mol. The monoisotopic (exact) mass is 194 g/mol. The Morgan fingerprint density at radius 2 is 2.14 bits per heavy atom. The number of hydrogen-bond donors (Lipinski definition) is 2. The third kappa shape index (κ3) is 2.07. The molecule has 1 amide bonds. The number of aromatic carboxylic acids is 1. The van der Waals surface area contributed by atoms with Gasteiger partial charge in [0.25, 0.3) is 0 Å². The van der Waals surface area contributed by atoms with Gasteiger partial charge in [-0.15, -0.1) is 0 Å². The van der Waals surface area contributed by atoms with Gasteiger partial charge in [0, 0.05) is 13.1 Å². The van der Waals surface area contributed by atoms with Crippen molar-refractivity contribution in [3.63, 3.8) is 0 Å². The lowest BCUT2D eigenvalue weighted by Gasteiger charge is -2.06. The van der Waals surface area contributed by atoms with Crippen LogP contribution in [0.1, 0.15) is 22.8 Å². The van der Waals surface area contributed by atoms with Gasteiger partial charge in [0.15, 0.2) is 0 Å². The molecule has 0 spiro atoms. The van der Waals surface area contributed by atoms with Gasteiger partial charge in [0.1, 0.15) is 11.4 Å². The molecule has 5 nitrogen and oxygen atoms in total. The highest BCUT2D eigenvalue weighted by molar-refractivity contribution is 5.99. The van der Waals surface area contributed by atoms with Crippen LogP contribution in [0.25, 0.3) is 0 Å². The minimum Gasteiger partial charge on any atom is -0.478 e. The molecule has 0 saturated carbocycles. The number of carbonyl (C=O) groups is 2. The summed E-state index contributed by atoms with van der Waals surface area (Å²) in [5, 5.41) is 11.2. The maximum atomic E-state index is 10.8. The van der Waals surface area contributed by atoms with Gasteiger partial charge >= 0.3 is 5.97 Å². The molecule has 1 heterocycles. The van der Waals surface area contributed by atoms with Crippen LogP contribution in [0, 0.1) is 6.92 Å². The molecule has 0 unspecified atom stereocenters. The van der Waals surface area contributed by atoms with Crippen molar-refractivity contribution in [3.05, 3.63) is 23.4 Å². The number of carbonyl (C=O) groups excluding carboxylic acids is 1. The zero-order chi connectivity index (χ0) is 10.7. The minimum atomic E-state index is -1.10. The first-order valence-electron chi connectivity index (χ1n) is 3.99. The van der Waals surface area contributed by atoms with E-state index in [-0.39, 0.29) is 17.3 Å². The fraction of sp³-hybridized carbons (Fsp3) is 0.222. The Bertz CT molecular complexity index is 388. The van der Waals surface area contributed by atoms with Crippen molar-refractivity contribution in [2.75, 3.05) is 5.32 Å². The lowest BCUT2D eigenvalue weighted by atomic mass is 10.1. The van der Waals surface area contributed by atoms with Crippen LogP contribution in [0.5, 0.6) is 0 Å². The highest BCUT2D eigenvalue weighted by atomic mass is 16.4. The van der Waals surface area contributed by atoms with Gasteiger partial charge in [0.05, 0.1) is 0 Å². The number of amides is 1. The quantitative estimate of drug-likeness (QED) is 0.737. The van der Waals surface area contributed by atoms with Gasteiger partial charge in [-0.1, -0.05) is 0 Å². The van der Waals surface area contributed by atoms with Crippen LogP contribution < -0.4 is 5.32 Å². The van der Waals surface area contributed by atoms with Crippen molar-refractivity contribution in [1.82, 2.24) is 4.98 Å². The number of anilines is 1. The molecule has 0 aliphatic rings. The highest BCUT2D eigenvalue weighted by Gasteiger charge is 2.14. The number of pyridine rings is 1. The van der Waals surface area contributed by atoms with Crippen LogP contribution >= 0.6 is 0 Å². The standard InChI is InChI=1S/C9H10N2O3/c1-5-3-4-10-8(11-6(2)12)7(5)9(13)14/h3-4H,1-2H3,(H,13,14)(H,10,11,12). The first-order valence-corrected chi connectivity index (χ1v) is 3.99. The molecule has 0 radical (unpaired) electrons. The van der Waals surface area contributed by atoms with Crippen LogP contribution in [0.15, 0.2) is 12.3 Å². The third-order valence-electron chi connectivity index (χ3n) is 1.67. The lowest BCUT2D eigenvalue weighted by Crippen LogP contribution is -2.13. The number of aryl methyl sites for hydroxylation is 1. The van der Waals surface area contributed by atoms with E-state index < -0.39 is 5.97 Å². The molecule has 5 heteroatoms. The molecule has 1 aromatic heterocycles. The van der Waals surface area contributed by atoms with Crippen molar-refractivity contribution >= 4 is 17.7 Å². The molecule has 0 bridgehead atoms. The summed E-state index contributed by atoms with van der Waals surface area (Å²) in [4.78, 5) is 25.4. The summed E-state index contributed by atoms with van der Waals surface area (Å²) in [5.41, 5.74) is 0.596. The van der Waals surface area contributed by atoms with Gasteiger partial charge in [-0.2, -0.15) is 0 Å². The zero-order valence-electron chi connectivity index (χ0n) is 7.87. The van der Waals surface area contributed by atoms with Crippen LogP contribution in [0.3, 0.4) is 0 Å². The summed E-state index contributed by atoms with van der Waals surface area (Å²) in [6.07, 6.45) is 1.45. The van der Waals surface area contributed by atoms with Crippen LogP contribution in [0.4, 0.5) is 5.82 Å². The van der Waals surface area contributed by atoms with Crippen LogP contribution in [-0.4, -0.2) is 22.0 Å². The van der Waals surface area contributed by atoms with Crippen molar-refractivity contribution in [2.45, 2.75) is 13.8 Å². The van der Waals surface area contributed by atoms with Gasteiger partial charge in [-0.25, -0.2) is 9.78 Å². The largest absolute Gasteiger partial charge is 0.478 e. The Kier molecular flexibility index (Phi) is 2.81. The topological polar surface area (TPSA) is 79.3 Å². The molecule has 1 aromatic rings. The van der Waals surface area contributed by atoms with Crippen LogP contribution in [0.2, 0.25) is 0 Å². The number of nitrogens with zero attached hydrogens (tertiary/aromatic N) is 1. The molecule has 0 aliphatic heterocycles. The predicted molar refractivity (Wildman–Crippen MR) is 50.2 cm³/mol. The van der Waals surface area contributed by atoms with Gasteiger partial charge in [-0.05, 0) is 18.6 Å². The summed E-state index contributed by atoms with van der Waals surface area (Å²) in [7, 11) is 0. The maximum absolute atomic E-state index is 10.8. The van der Waals surface area contributed by atoms with E-state index in [1.165, 1.54) is 13.1 Å². The Labute approximate surface area is 80.8 Å². The van der Waals surface area contributed by atoms with E-state index in [1.54, 1.807) is 13.0 Å². The molecule has 0 atom stereocenters. The molecule has 0 saturated heterocycles. The normalized spacial score (nSPS) is 9.57. The minimum absolute atomic E-state index is 0.0303. The van der Waals surface area contributed by atoms with E-state index in [9.17, 15) is 9.59 Å². The SMILES string of the molecule is CC(=O)Nc1nccc(C)c1C(=O)O. The zero-order valence-corrected chi connectivity index (χ0v) is 7.87. The molecule has 0 aliphatic carbocycles.